The Balaban J connectivity index is 1.42. The van der Waals surface area contributed by atoms with Gasteiger partial charge in [-0.2, -0.15) is 5.10 Å². The Morgan fingerprint density at radius 1 is 1.17 bits per heavy atom. The van der Waals surface area contributed by atoms with Crippen LogP contribution in [0.25, 0.3) is 22.0 Å². The number of piperidine rings is 1. The molecule has 0 radical (unpaired) electrons. The summed E-state index contributed by atoms with van der Waals surface area (Å²) in [6, 6.07) is 3.30. The second kappa shape index (κ2) is 8.40. The van der Waals surface area contributed by atoms with Crippen LogP contribution in [0.5, 0.6) is 0 Å². The first-order valence-corrected chi connectivity index (χ1v) is 12.3. The maximum Gasteiger partial charge on any atom is 0.410 e. The van der Waals surface area contributed by atoms with Crippen molar-refractivity contribution in [3.05, 3.63) is 51.0 Å². The number of rotatable bonds is 2. The van der Waals surface area contributed by atoms with E-state index in [-0.39, 0.29) is 12.1 Å². The van der Waals surface area contributed by atoms with Crippen molar-refractivity contribution in [3.63, 3.8) is 0 Å². The van der Waals surface area contributed by atoms with E-state index in [1.165, 1.54) is 26.7 Å². The van der Waals surface area contributed by atoms with E-state index in [9.17, 15) is 9.59 Å². The van der Waals surface area contributed by atoms with Crippen molar-refractivity contribution < 1.29 is 13.9 Å². The number of hydrogen-bond donors (Lipinski definition) is 0. The summed E-state index contributed by atoms with van der Waals surface area (Å²) < 4.78 is 23.7. The molecule has 0 aliphatic carbocycles. The summed E-state index contributed by atoms with van der Waals surface area (Å²) in [4.78, 5) is 37.0. The van der Waals surface area contributed by atoms with Crippen LogP contribution >= 0.6 is 11.3 Å². The van der Waals surface area contributed by atoms with Crippen LogP contribution in [-0.2, 0) is 4.74 Å². The first-order valence-electron chi connectivity index (χ1n) is 11.5. The second-order valence-electron chi connectivity index (χ2n) is 9.97. The highest BCUT2D eigenvalue weighted by molar-refractivity contribution is 7.17. The lowest BCUT2D eigenvalue weighted by Gasteiger charge is -2.35. The predicted octanol–water partition coefficient (Wildman–Crippen LogP) is 4.15. The van der Waals surface area contributed by atoms with Gasteiger partial charge >= 0.3 is 6.09 Å². The monoisotopic (exact) mass is 498 g/mol. The number of thiazole rings is 1. The molecule has 0 aromatic carbocycles. The van der Waals surface area contributed by atoms with Gasteiger partial charge in [-0.15, -0.1) is 11.3 Å². The number of amides is 1. The maximum atomic E-state index is 15.2. The summed E-state index contributed by atoms with van der Waals surface area (Å²) in [5.41, 5.74) is 2.67. The molecule has 1 aliphatic heterocycles. The van der Waals surface area contributed by atoms with E-state index in [2.05, 4.69) is 15.1 Å². The number of nitrogens with zero attached hydrogens (tertiary/aromatic N) is 6. The molecule has 11 heteroatoms. The average molecular weight is 499 g/mol. The molecule has 1 saturated heterocycles. The van der Waals surface area contributed by atoms with Gasteiger partial charge in [-0.05, 0) is 52.7 Å². The third-order valence-corrected chi connectivity index (χ3v) is 7.05. The number of likely N-dealkylation sites (tertiary alicyclic amines) is 1. The number of carbonyl (C=O) groups is 1. The van der Waals surface area contributed by atoms with Crippen molar-refractivity contribution in [2.45, 2.75) is 58.7 Å². The summed E-state index contributed by atoms with van der Waals surface area (Å²) >= 11 is 1.29. The molecule has 0 spiro atoms. The molecule has 0 N–H and O–H groups in total. The second-order valence-corrected chi connectivity index (χ2v) is 11.0. The summed E-state index contributed by atoms with van der Waals surface area (Å²) in [5, 5.41) is 4.57. The van der Waals surface area contributed by atoms with Gasteiger partial charge in [-0.25, -0.2) is 23.7 Å². The van der Waals surface area contributed by atoms with Gasteiger partial charge in [0.1, 0.15) is 17.5 Å². The quantitative estimate of drug-likeness (QED) is 0.412. The van der Waals surface area contributed by atoms with Gasteiger partial charge in [0.25, 0.3) is 5.56 Å². The van der Waals surface area contributed by atoms with Crippen LogP contribution < -0.4 is 5.56 Å². The van der Waals surface area contributed by atoms with Crippen LogP contribution in [0.3, 0.4) is 0 Å². The van der Waals surface area contributed by atoms with Gasteiger partial charge in [-0.3, -0.25) is 9.20 Å². The fourth-order valence-corrected chi connectivity index (χ4v) is 5.48. The molecule has 184 valence electrons. The zero-order valence-corrected chi connectivity index (χ0v) is 21.1. The van der Waals surface area contributed by atoms with Crippen LogP contribution in [0.1, 0.15) is 49.2 Å². The number of hydrogen-bond acceptors (Lipinski definition) is 7. The number of halogens is 1. The number of imidazole rings is 1. The highest BCUT2D eigenvalue weighted by Gasteiger charge is 2.35. The first-order chi connectivity index (χ1) is 16.5. The molecule has 4 aromatic heterocycles. The Hall–Kier alpha value is -3.34. The molecule has 5 rings (SSSR count). The van der Waals surface area contributed by atoms with E-state index < -0.39 is 23.8 Å². The minimum Gasteiger partial charge on any atom is -0.444 e. The Kier molecular flexibility index (Phi) is 5.62. The number of alkyl halides is 1. The van der Waals surface area contributed by atoms with Crippen LogP contribution in [0.2, 0.25) is 0 Å². The lowest BCUT2D eigenvalue weighted by atomic mass is 9.94. The van der Waals surface area contributed by atoms with E-state index in [0.29, 0.717) is 29.3 Å². The molecule has 0 saturated carbocycles. The lowest BCUT2D eigenvalue weighted by Crippen LogP contribution is -2.46. The lowest BCUT2D eigenvalue weighted by molar-refractivity contribution is 0.0113. The number of fused-ring (bicyclic) bond motifs is 2. The fraction of sp³-hybridized carbons (Fsp3) is 0.458. The van der Waals surface area contributed by atoms with E-state index >= 15 is 4.39 Å². The zero-order chi connectivity index (χ0) is 25.1. The predicted molar refractivity (Wildman–Crippen MR) is 131 cm³/mol. The molecule has 1 amide bonds. The van der Waals surface area contributed by atoms with E-state index in [1.54, 1.807) is 31.5 Å². The van der Waals surface area contributed by atoms with E-state index in [4.69, 9.17) is 4.74 Å². The van der Waals surface area contributed by atoms with Gasteiger partial charge in [0, 0.05) is 29.6 Å². The number of aryl methyl sites for hydroxylation is 2. The van der Waals surface area contributed by atoms with Gasteiger partial charge < -0.3 is 9.64 Å². The molecular formula is C24H27FN6O3S. The van der Waals surface area contributed by atoms with Gasteiger partial charge in [-0.1, -0.05) is 0 Å². The topological polar surface area (TPSA) is 94.1 Å². The molecule has 4 aromatic rings. The van der Waals surface area contributed by atoms with E-state index in [0.717, 1.165) is 21.8 Å². The minimum absolute atomic E-state index is 0.0467. The average Bonchev–Trinajstić information content (AvgIpc) is 3.35. The first kappa shape index (κ1) is 23.4. The summed E-state index contributed by atoms with van der Waals surface area (Å²) in [5.74, 6) is -0.422. The SMILES string of the molecule is Cc1cn2nc(-c3cc(=O)n4cc([C@@H]5CCN(C(=O)OC(C)(C)C)C[C@@H]5F)sc4n3)cc(C)c2n1. The smallest absolute Gasteiger partial charge is 0.410 e. The van der Waals surface area contributed by atoms with Crippen LogP contribution in [0, 0.1) is 13.8 Å². The molecule has 2 atom stereocenters. The Labute approximate surface area is 205 Å². The normalized spacial score (nSPS) is 19.0. The Bertz CT molecular complexity index is 1500. The van der Waals surface area contributed by atoms with Crippen molar-refractivity contribution in [1.29, 1.82) is 0 Å². The van der Waals surface area contributed by atoms with Gasteiger partial charge in [0.2, 0.25) is 0 Å². The number of carbonyl (C=O) groups excluding carboxylic acids is 1. The molecule has 0 bridgehead atoms. The Morgan fingerprint density at radius 2 is 1.94 bits per heavy atom. The molecule has 0 unspecified atom stereocenters. The van der Waals surface area contributed by atoms with Gasteiger partial charge in [0.05, 0.1) is 24.1 Å². The largest absolute Gasteiger partial charge is 0.444 e. The molecule has 35 heavy (non-hydrogen) atoms. The van der Waals surface area contributed by atoms with Crippen LogP contribution in [-0.4, -0.2) is 59.8 Å². The Morgan fingerprint density at radius 3 is 2.66 bits per heavy atom. The molecule has 9 nitrogen and oxygen atoms in total. The van der Waals surface area contributed by atoms with Gasteiger partial charge in [0.15, 0.2) is 10.6 Å². The minimum atomic E-state index is -1.27. The maximum absolute atomic E-state index is 15.2. The molecule has 1 aliphatic rings. The van der Waals surface area contributed by atoms with Crippen molar-refractivity contribution in [2.24, 2.45) is 0 Å². The van der Waals surface area contributed by atoms with E-state index in [1.807, 2.05) is 26.1 Å². The zero-order valence-electron chi connectivity index (χ0n) is 20.3. The summed E-state index contributed by atoms with van der Waals surface area (Å²) in [7, 11) is 0. The third kappa shape index (κ3) is 4.52. The third-order valence-electron chi connectivity index (χ3n) is 5.94. The van der Waals surface area contributed by atoms with Crippen LogP contribution in [0.15, 0.2) is 29.3 Å². The van der Waals surface area contributed by atoms with Crippen molar-refractivity contribution >= 4 is 28.0 Å². The molecule has 5 heterocycles. The highest BCUT2D eigenvalue weighted by atomic mass is 32.1. The summed E-state index contributed by atoms with van der Waals surface area (Å²) in [6.07, 6.45) is 2.15. The molecular weight excluding hydrogens is 471 g/mol. The standard InChI is InChI=1S/C24H27FN6O3S/c1-13-8-18(28-31-10-14(2)26-21(13)31)17-9-20(32)30-12-19(35-22(30)27-17)15-6-7-29(11-16(15)25)23(33)34-24(3,4)5/h8-10,12,15-16H,6-7,11H2,1-5H3/t15-,16+/m1/s1. The number of ether oxygens (including phenoxy) is 1. The fourth-order valence-electron chi connectivity index (χ4n) is 4.31. The van der Waals surface area contributed by atoms with Crippen molar-refractivity contribution in [3.8, 4) is 11.4 Å². The highest BCUT2D eigenvalue weighted by Crippen LogP contribution is 2.35. The van der Waals surface area contributed by atoms with Crippen molar-refractivity contribution in [1.82, 2.24) is 28.9 Å². The van der Waals surface area contributed by atoms with Crippen molar-refractivity contribution in [2.75, 3.05) is 13.1 Å². The molecule has 1 fully saturated rings. The van der Waals surface area contributed by atoms with Crippen LogP contribution in [0.4, 0.5) is 9.18 Å². The number of aromatic nitrogens is 5. The summed E-state index contributed by atoms with van der Waals surface area (Å²) in [6.45, 7) is 9.52.